The molecule has 9 nitrogen and oxygen atoms in total. The number of methoxy groups -OCH3 is 3. The molecule has 0 spiro atoms. The van der Waals surface area contributed by atoms with E-state index in [9.17, 15) is 9.59 Å². The predicted octanol–water partition coefficient (Wildman–Crippen LogP) is 2.05. The molecule has 9 heteroatoms. The number of aryl methyl sites for hydroxylation is 1. The fourth-order valence-electron chi connectivity index (χ4n) is 3.31. The molecule has 0 aliphatic rings. The van der Waals surface area contributed by atoms with Crippen LogP contribution in [0.4, 0.5) is 0 Å². The zero-order chi connectivity index (χ0) is 21.3. The molecule has 0 radical (unpaired) electrons. The number of ether oxygens (including phenoxy) is 3. The lowest BCUT2D eigenvalue weighted by atomic mass is 10.1. The van der Waals surface area contributed by atoms with Crippen molar-refractivity contribution >= 4 is 11.6 Å². The second kappa shape index (κ2) is 7.86. The van der Waals surface area contributed by atoms with Crippen molar-refractivity contribution in [3.05, 3.63) is 39.8 Å². The summed E-state index contributed by atoms with van der Waals surface area (Å²) in [6.07, 6.45) is 0.0196. The summed E-state index contributed by atoms with van der Waals surface area (Å²) in [5.74, 6) is 0.461. The molecule has 0 aliphatic carbocycles. The third-order valence-corrected chi connectivity index (χ3v) is 4.97. The van der Waals surface area contributed by atoms with Crippen LogP contribution in [0.25, 0.3) is 16.9 Å². The standard InChI is InChI=1S/C20H23N3O6/c1-11-13(6-7-18(24)25)20(26)23-17(22(11)2)10-14(21-23)12-8-15(27-3)19(29-5)16(9-12)28-4/h8-10H,6-7H2,1-5H3,(H,24,25). The van der Waals surface area contributed by atoms with E-state index in [4.69, 9.17) is 19.3 Å². The highest BCUT2D eigenvalue weighted by atomic mass is 16.5. The fourth-order valence-corrected chi connectivity index (χ4v) is 3.31. The third-order valence-electron chi connectivity index (χ3n) is 4.97. The van der Waals surface area contributed by atoms with Crippen LogP contribution in [0.2, 0.25) is 0 Å². The van der Waals surface area contributed by atoms with Crippen LogP contribution in [-0.2, 0) is 18.3 Å². The van der Waals surface area contributed by atoms with E-state index in [0.717, 1.165) is 0 Å². The average molecular weight is 401 g/mol. The van der Waals surface area contributed by atoms with E-state index >= 15 is 0 Å². The number of carbonyl (C=O) groups is 1. The van der Waals surface area contributed by atoms with E-state index in [-0.39, 0.29) is 18.4 Å². The second-order valence-corrected chi connectivity index (χ2v) is 6.54. The number of aromatic nitrogens is 3. The Kier molecular flexibility index (Phi) is 5.49. The molecule has 0 unspecified atom stereocenters. The molecule has 0 amide bonds. The predicted molar refractivity (Wildman–Crippen MR) is 106 cm³/mol. The lowest BCUT2D eigenvalue weighted by Gasteiger charge is -2.13. The number of carboxylic acid groups (broad SMARTS) is 1. The number of aliphatic carboxylic acids is 1. The van der Waals surface area contributed by atoms with Crippen molar-refractivity contribution in [3.63, 3.8) is 0 Å². The lowest BCUT2D eigenvalue weighted by Crippen LogP contribution is -2.25. The first-order chi connectivity index (χ1) is 13.8. The first-order valence-electron chi connectivity index (χ1n) is 8.92. The topological polar surface area (TPSA) is 104 Å². The van der Waals surface area contributed by atoms with E-state index in [0.29, 0.717) is 45.4 Å². The molecule has 0 atom stereocenters. The summed E-state index contributed by atoms with van der Waals surface area (Å²) in [7, 11) is 6.39. The van der Waals surface area contributed by atoms with Gasteiger partial charge in [0.15, 0.2) is 11.5 Å². The number of carboxylic acids is 1. The number of hydrogen-bond acceptors (Lipinski definition) is 6. The molecule has 0 aliphatic heterocycles. The molecular formula is C20H23N3O6. The number of nitrogens with zero attached hydrogens (tertiary/aromatic N) is 3. The van der Waals surface area contributed by atoms with E-state index in [1.165, 1.54) is 25.8 Å². The first kappa shape index (κ1) is 20.2. The minimum absolute atomic E-state index is 0.122. The maximum Gasteiger partial charge on any atom is 0.303 e. The number of rotatable bonds is 7. The van der Waals surface area contributed by atoms with Gasteiger partial charge in [0.25, 0.3) is 5.56 Å². The molecule has 3 aromatic rings. The van der Waals surface area contributed by atoms with Crippen LogP contribution >= 0.6 is 0 Å². The Morgan fingerprint density at radius 3 is 2.24 bits per heavy atom. The summed E-state index contributed by atoms with van der Waals surface area (Å²) in [6.45, 7) is 1.80. The molecule has 2 aromatic heterocycles. The summed E-state index contributed by atoms with van der Waals surface area (Å²) < 4.78 is 19.3. The van der Waals surface area contributed by atoms with Gasteiger partial charge in [-0.3, -0.25) is 9.59 Å². The highest BCUT2D eigenvalue weighted by molar-refractivity contribution is 5.71. The third kappa shape index (κ3) is 3.51. The molecule has 0 fully saturated rings. The molecule has 29 heavy (non-hydrogen) atoms. The van der Waals surface area contributed by atoms with E-state index in [1.807, 2.05) is 11.6 Å². The van der Waals surface area contributed by atoms with Crippen LogP contribution in [0.15, 0.2) is 23.0 Å². The lowest BCUT2D eigenvalue weighted by molar-refractivity contribution is -0.136. The Hall–Kier alpha value is -3.49. The molecule has 0 saturated carbocycles. The normalized spacial score (nSPS) is 10.9. The van der Waals surface area contributed by atoms with Crippen molar-refractivity contribution in [2.75, 3.05) is 21.3 Å². The maximum atomic E-state index is 12.9. The van der Waals surface area contributed by atoms with Crippen LogP contribution in [-0.4, -0.2) is 46.6 Å². The van der Waals surface area contributed by atoms with Gasteiger partial charge in [0.05, 0.1) is 27.0 Å². The summed E-state index contributed by atoms with van der Waals surface area (Å²) in [4.78, 5) is 23.9. The van der Waals surface area contributed by atoms with Crippen molar-refractivity contribution in [2.45, 2.75) is 19.8 Å². The van der Waals surface area contributed by atoms with Crippen molar-refractivity contribution in [3.8, 4) is 28.5 Å². The van der Waals surface area contributed by atoms with Crippen molar-refractivity contribution in [1.29, 1.82) is 0 Å². The van der Waals surface area contributed by atoms with Gasteiger partial charge in [-0.1, -0.05) is 0 Å². The Balaban J connectivity index is 2.20. The summed E-state index contributed by atoms with van der Waals surface area (Å²) >= 11 is 0. The Bertz CT molecular complexity index is 1120. The number of hydrogen-bond donors (Lipinski definition) is 1. The highest BCUT2D eigenvalue weighted by Crippen LogP contribution is 2.41. The quantitative estimate of drug-likeness (QED) is 0.646. The molecule has 2 heterocycles. The monoisotopic (exact) mass is 401 g/mol. The summed E-state index contributed by atoms with van der Waals surface area (Å²) in [5, 5.41) is 13.4. The smallest absolute Gasteiger partial charge is 0.303 e. The maximum absolute atomic E-state index is 12.9. The SMILES string of the molecule is COc1cc(-c2cc3n(C)c(C)c(CCC(=O)O)c(=O)n3n2)cc(OC)c1OC. The molecule has 154 valence electrons. The minimum Gasteiger partial charge on any atom is -0.493 e. The van der Waals surface area contributed by atoms with Crippen LogP contribution in [0.5, 0.6) is 17.2 Å². The van der Waals surface area contributed by atoms with Gasteiger partial charge < -0.3 is 23.9 Å². The van der Waals surface area contributed by atoms with Gasteiger partial charge in [0.1, 0.15) is 5.65 Å². The molecule has 1 N–H and O–H groups in total. The summed E-state index contributed by atoms with van der Waals surface area (Å²) in [5.41, 5.74) is 2.65. The molecule has 0 bridgehead atoms. The second-order valence-electron chi connectivity index (χ2n) is 6.54. The van der Waals surface area contributed by atoms with Crippen LogP contribution in [0.3, 0.4) is 0 Å². The molecular weight excluding hydrogens is 378 g/mol. The fraction of sp³-hybridized carbons (Fsp3) is 0.350. The zero-order valence-electron chi connectivity index (χ0n) is 17.0. The van der Waals surface area contributed by atoms with Crippen molar-refractivity contribution < 1.29 is 24.1 Å². The van der Waals surface area contributed by atoms with Crippen molar-refractivity contribution in [1.82, 2.24) is 14.2 Å². The van der Waals surface area contributed by atoms with Crippen LogP contribution in [0, 0.1) is 6.92 Å². The first-order valence-corrected chi connectivity index (χ1v) is 8.92. The van der Waals surface area contributed by atoms with Gasteiger partial charge >= 0.3 is 5.97 Å². The van der Waals surface area contributed by atoms with Gasteiger partial charge in [0, 0.05) is 36.4 Å². The van der Waals surface area contributed by atoms with Gasteiger partial charge in [-0.05, 0) is 25.5 Å². The minimum atomic E-state index is -0.954. The van der Waals surface area contributed by atoms with Gasteiger partial charge in [-0.2, -0.15) is 9.61 Å². The highest BCUT2D eigenvalue weighted by Gasteiger charge is 2.19. The van der Waals surface area contributed by atoms with Gasteiger partial charge in [-0.15, -0.1) is 0 Å². The van der Waals surface area contributed by atoms with E-state index in [2.05, 4.69) is 5.10 Å². The van der Waals surface area contributed by atoms with Crippen molar-refractivity contribution in [2.24, 2.45) is 7.05 Å². The Labute approximate surface area is 167 Å². The summed E-state index contributed by atoms with van der Waals surface area (Å²) in [6, 6.07) is 5.30. The molecule has 0 saturated heterocycles. The van der Waals surface area contributed by atoms with Crippen LogP contribution < -0.4 is 19.8 Å². The Morgan fingerprint density at radius 2 is 1.72 bits per heavy atom. The average Bonchev–Trinajstić information content (AvgIpc) is 3.16. The van der Waals surface area contributed by atoms with E-state index < -0.39 is 5.97 Å². The zero-order valence-corrected chi connectivity index (χ0v) is 17.0. The number of fused-ring (bicyclic) bond motifs is 1. The van der Waals surface area contributed by atoms with Gasteiger partial charge in [0.2, 0.25) is 5.75 Å². The largest absolute Gasteiger partial charge is 0.493 e. The molecule has 1 aromatic carbocycles. The molecule has 3 rings (SSSR count). The van der Waals surface area contributed by atoms with E-state index in [1.54, 1.807) is 25.1 Å². The van der Waals surface area contributed by atoms with Crippen LogP contribution in [0.1, 0.15) is 17.7 Å². The van der Waals surface area contributed by atoms with Gasteiger partial charge in [-0.25, -0.2) is 0 Å². The number of benzene rings is 1. The Morgan fingerprint density at radius 1 is 1.10 bits per heavy atom.